The Hall–Kier alpha value is -2.26. The van der Waals surface area contributed by atoms with E-state index in [0.29, 0.717) is 0 Å². The Kier molecular flexibility index (Phi) is 3.58. The minimum absolute atomic E-state index is 0.933. The lowest BCUT2D eigenvalue weighted by Gasteiger charge is -2.14. The van der Waals surface area contributed by atoms with Gasteiger partial charge in [0, 0.05) is 36.3 Å². The number of rotatable bonds is 2. The van der Waals surface area contributed by atoms with Crippen molar-refractivity contribution >= 4 is 10.9 Å². The van der Waals surface area contributed by atoms with E-state index in [-0.39, 0.29) is 0 Å². The minimum atomic E-state index is 0.933. The normalized spacial score (nSPS) is 15.4. The molecule has 0 bridgehead atoms. The molecule has 0 saturated heterocycles. The molecule has 0 spiro atoms. The van der Waals surface area contributed by atoms with Crippen molar-refractivity contribution in [2.45, 2.75) is 12.8 Å². The number of benzene rings is 2. The molecule has 0 radical (unpaired) electrons. The van der Waals surface area contributed by atoms with E-state index < -0.39 is 0 Å². The first kappa shape index (κ1) is 14.3. The topological polar surface area (TPSA) is 17.4 Å². The van der Waals surface area contributed by atoms with Crippen molar-refractivity contribution in [1.29, 1.82) is 0 Å². The van der Waals surface area contributed by atoms with Crippen LogP contribution in [0.1, 0.15) is 11.3 Å². The molecule has 0 unspecified atom stereocenters. The van der Waals surface area contributed by atoms with E-state index in [9.17, 15) is 0 Å². The zero-order chi connectivity index (χ0) is 15.8. The molecule has 1 aliphatic rings. The van der Waals surface area contributed by atoms with Gasteiger partial charge in [-0.05, 0) is 49.4 Å². The van der Waals surface area contributed by atoms with Crippen molar-refractivity contribution in [2.24, 2.45) is 0 Å². The summed E-state index contributed by atoms with van der Waals surface area (Å²) in [6.07, 6.45) is 2.17. The number of likely N-dealkylation sites (N-methyl/N-ethyl adjacent to an activating group) is 1. The molecule has 0 aliphatic carbocycles. The van der Waals surface area contributed by atoms with Gasteiger partial charge in [-0.1, -0.05) is 18.2 Å². The summed E-state index contributed by atoms with van der Waals surface area (Å²) in [4.78, 5) is 2.42. The molecule has 3 heteroatoms. The van der Waals surface area contributed by atoms with Crippen molar-refractivity contribution in [3.8, 4) is 11.4 Å². The Morgan fingerprint density at radius 2 is 1.74 bits per heavy atom. The van der Waals surface area contributed by atoms with Gasteiger partial charge < -0.3 is 14.2 Å². The van der Waals surface area contributed by atoms with Crippen molar-refractivity contribution in [2.75, 3.05) is 27.2 Å². The van der Waals surface area contributed by atoms with E-state index in [0.717, 1.165) is 31.7 Å². The van der Waals surface area contributed by atoms with Crippen LogP contribution in [0.25, 0.3) is 16.6 Å². The first-order valence-electron chi connectivity index (χ1n) is 8.22. The molecule has 23 heavy (non-hydrogen) atoms. The summed E-state index contributed by atoms with van der Waals surface area (Å²) >= 11 is 0. The number of hydrogen-bond donors (Lipinski definition) is 0. The van der Waals surface area contributed by atoms with Gasteiger partial charge in [-0.15, -0.1) is 0 Å². The second kappa shape index (κ2) is 5.74. The first-order chi connectivity index (χ1) is 11.3. The molecule has 2 heterocycles. The Morgan fingerprint density at radius 1 is 0.957 bits per heavy atom. The third-order valence-electron chi connectivity index (χ3n) is 4.88. The molecular formula is C20H22N2O. The van der Waals surface area contributed by atoms with Gasteiger partial charge in [0.15, 0.2) is 0 Å². The van der Waals surface area contributed by atoms with Gasteiger partial charge in [0.1, 0.15) is 5.75 Å². The molecule has 0 amide bonds. The second-order valence-electron chi connectivity index (χ2n) is 6.28. The highest BCUT2D eigenvalue weighted by Crippen LogP contribution is 2.34. The van der Waals surface area contributed by atoms with Crippen LogP contribution < -0.4 is 4.74 Å². The molecule has 0 saturated carbocycles. The molecule has 118 valence electrons. The van der Waals surface area contributed by atoms with Gasteiger partial charge in [0.25, 0.3) is 0 Å². The van der Waals surface area contributed by atoms with Crippen LogP contribution in [0, 0.1) is 0 Å². The highest BCUT2D eigenvalue weighted by atomic mass is 16.5. The van der Waals surface area contributed by atoms with E-state index in [1.807, 2.05) is 0 Å². The second-order valence-corrected chi connectivity index (χ2v) is 6.28. The molecule has 2 aromatic carbocycles. The van der Waals surface area contributed by atoms with Gasteiger partial charge in [-0.25, -0.2) is 0 Å². The van der Waals surface area contributed by atoms with Crippen LogP contribution in [-0.2, 0) is 12.8 Å². The quantitative estimate of drug-likeness (QED) is 0.719. The minimum Gasteiger partial charge on any atom is -0.497 e. The molecule has 0 N–H and O–H groups in total. The fourth-order valence-corrected chi connectivity index (χ4v) is 3.64. The lowest BCUT2D eigenvalue weighted by Crippen LogP contribution is -2.21. The molecule has 0 fully saturated rings. The summed E-state index contributed by atoms with van der Waals surface area (Å²) in [6.45, 7) is 2.21. The Bertz CT molecular complexity index is 836. The molecule has 3 aromatic rings. The Morgan fingerprint density at radius 3 is 2.52 bits per heavy atom. The average Bonchev–Trinajstić information content (AvgIpc) is 2.78. The van der Waals surface area contributed by atoms with Gasteiger partial charge in [-0.2, -0.15) is 0 Å². The summed E-state index contributed by atoms with van der Waals surface area (Å²) in [5.41, 5.74) is 5.45. The predicted octanol–water partition coefficient (Wildman–Crippen LogP) is 3.67. The predicted molar refractivity (Wildman–Crippen MR) is 94.7 cm³/mol. The molecule has 4 rings (SSSR count). The summed E-state index contributed by atoms with van der Waals surface area (Å²) in [6, 6.07) is 17.1. The largest absolute Gasteiger partial charge is 0.497 e. The van der Waals surface area contributed by atoms with E-state index in [1.165, 1.54) is 27.8 Å². The van der Waals surface area contributed by atoms with Crippen molar-refractivity contribution in [3.05, 3.63) is 59.8 Å². The monoisotopic (exact) mass is 306 g/mol. The number of ether oxygens (including phenoxy) is 1. The molecule has 1 aromatic heterocycles. The molecular weight excluding hydrogens is 284 g/mol. The fraction of sp³-hybridized carbons (Fsp3) is 0.300. The lowest BCUT2D eigenvalue weighted by molar-refractivity contribution is 0.351. The highest BCUT2D eigenvalue weighted by Gasteiger charge is 2.21. The Labute approximate surface area is 137 Å². The van der Waals surface area contributed by atoms with E-state index in [1.54, 1.807) is 7.11 Å². The van der Waals surface area contributed by atoms with Gasteiger partial charge in [-0.3, -0.25) is 0 Å². The summed E-state index contributed by atoms with van der Waals surface area (Å²) < 4.78 is 7.89. The maximum absolute atomic E-state index is 5.46. The maximum atomic E-state index is 5.46. The van der Waals surface area contributed by atoms with Crippen molar-refractivity contribution in [1.82, 2.24) is 9.47 Å². The average molecular weight is 306 g/mol. The fourth-order valence-electron chi connectivity index (χ4n) is 3.64. The van der Waals surface area contributed by atoms with Crippen LogP contribution in [0.2, 0.25) is 0 Å². The number of fused-ring (bicyclic) bond motifs is 3. The summed E-state index contributed by atoms with van der Waals surface area (Å²) in [5, 5.41) is 1.33. The van der Waals surface area contributed by atoms with E-state index in [2.05, 4.69) is 65.0 Å². The zero-order valence-corrected chi connectivity index (χ0v) is 13.7. The standard InChI is InChI=1S/C20H22N2O/c1-21-12-10-17-18-14-16(23-2)8-9-19(18)22(20(17)11-13-21)15-6-4-3-5-7-15/h3-9,14H,10-13H2,1-2H3. The van der Waals surface area contributed by atoms with E-state index in [4.69, 9.17) is 4.74 Å². The van der Waals surface area contributed by atoms with Crippen molar-refractivity contribution in [3.63, 3.8) is 0 Å². The summed E-state index contributed by atoms with van der Waals surface area (Å²) in [5.74, 6) is 0.933. The van der Waals surface area contributed by atoms with Crippen LogP contribution >= 0.6 is 0 Å². The van der Waals surface area contributed by atoms with E-state index >= 15 is 0 Å². The summed E-state index contributed by atoms with van der Waals surface area (Å²) in [7, 11) is 3.95. The molecule has 1 aliphatic heterocycles. The highest BCUT2D eigenvalue weighted by molar-refractivity contribution is 5.88. The van der Waals surface area contributed by atoms with Gasteiger partial charge in [0.2, 0.25) is 0 Å². The maximum Gasteiger partial charge on any atom is 0.119 e. The van der Waals surface area contributed by atoms with Crippen LogP contribution in [0.5, 0.6) is 5.75 Å². The SMILES string of the molecule is COc1ccc2c(c1)c1c(n2-c2ccccc2)CCN(C)CC1. The van der Waals surface area contributed by atoms with Crippen molar-refractivity contribution < 1.29 is 4.74 Å². The molecule has 3 nitrogen and oxygen atoms in total. The van der Waals surface area contributed by atoms with Crippen LogP contribution in [0.4, 0.5) is 0 Å². The number of hydrogen-bond acceptors (Lipinski definition) is 2. The Balaban J connectivity index is 2.01. The smallest absolute Gasteiger partial charge is 0.119 e. The zero-order valence-electron chi connectivity index (χ0n) is 13.7. The molecule has 0 atom stereocenters. The lowest BCUT2D eigenvalue weighted by atomic mass is 10.1. The number of aromatic nitrogens is 1. The third-order valence-corrected chi connectivity index (χ3v) is 4.88. The van der Waals surface area contributed by atoms with Gasteiger partial charge >= 0.3 is 0 Å². The first-order valence-corrected chi connectivity index (χ1v) is 8.22. The van der Waals surface area contributed by atoms with Crippen LogP contribution in [-0.4, -0.2) is 36.7 Å². The van der Waals surface area contributed by atoms with Crippen LogP contribution in [0.15, 0.2) is 48.5 Å². The van der Waals surface area contributed by atoms with Crippen LogP contribution in [0.3, 0.4) is 0 Å². The third kappa shape index (κ3) is 2.41. The van der Waals surface area contributed by atoms with Gasteiger partial charge in [0.05, 0.1) is 12.6 Å². The number of nitrogens with zero attached hydrogens (tertiary/aromatic N) is 2. The number of para-hydroxylation sites is 1. The number of methoxy groups -OCH3 is 1.